The maximum atomic E-state index is 9.78. The van der Waals surface area contributed by atoms with Crippen molar-refractivity contribution in [2.75, 3.05) is 0 Å². The number of pyridine rings is 1. The lowest BCUT2D eigenvalue weighted by molar-refractivity contribution is 1.18. The number of nitrogens with zero attached hydrogens (tertiary/aromatic N) is 3. The first-order chi connectivity index (χ1) is 24.2. The molecule has 2 aromatic heterocycles. The van der Waals surface area contributed by atoms with Crippen LogP contribution in [-0.2, 0) is 0 Å². The maximum absolute atomic E-state index is 9.78. The summed E-state index contributed by atoms with van der Waals surface area (Å²) in [5.41, 5.74) is 13.4. The first-order valence-electron chi connectivity index (χ1n) is 16.4. The van der Waals surface area contributed by atoms with Crippen LogP contribution in [0.5, 0.6) is 0 Å². The summed E-state index contributed by atoms with van der Waals surface area (Å²) >= 11 is 0. The molecule has 0 spiro atoms. The van der Waals surface area contributed by atoms with Gasteiger partial charge in [-0.25, -0.2) is 4.98 Å². The number of rotatable bonds is 5. The predicted molar refractivity (Wildman–Crippen MR) is 203 cm³/mol. The van der Waals surface area contributed by atoms with Crippen molar-refractivity contribution in [2.24, 2.45) is 0 Å². The molecule has 2 heterocycles. The zero-order valence-electron chi connectivity index (χ0n) is 26.6. The van der Waals surface area contributed by atoms with E-state index in [1.54, 1.807) is 0 Å². The summed E-state index contributed by atoms with van der Waals surface area (Å²) in [5, 5.41) is 13.3. The van der Waals surface area contributed by atoms with Crippen LogP contribution in [0.25, 0.3) is 83.0 Å². The lowest BCUT2D eigenvalue weighted by atomic mass is 9.95. The van der Waals surface area contributed by atoms with Crippen molar-refractivity contribution in [1.82, 2.24) is 9.55 Å². The molecule has 0 unspecified atom stereocenters. The summed E-state index contributed by atoms with van der Waals surface area (Å²) in [5.74, 6) is 0. The van der Waals surface area contributed by atoms with Crippen molar-refractivity contribution in [2.45, 2.75) is 0 Å². The molecule has 3 nitrogen and oxygen atoms in total. The van der Waals surface area contributed by atoms with Crippen LogP contribution in [0.1, 0.15) is 5.56 Å². The molecule has 0 saturated heterocycles. The zero-order chi connectivity index (χ0) is 32.7. The Hall–Kier alpha value is -6.76. The Kier molecular flexibility index (Phi) is 6.85. The van der Waals surface area contributed by atoms with E-state index in [2.05, 4.69) is 156 Å². The minimum Gasteiger partial charge on any atom is -0.309 e. The predicted octanol–water partition coefficient (Wildman–Crippen LogP) is 11.9. The van der Waals surface area contributed by atoms with E-state index in [0.29, 0.717) is 5.56 Å². The number of fused-ring (bicyclic) bond motifs is 4. The molecule has 0 fully saturated rings. The van der Waals surface area contributed by atoms with Gasteiger partial charge < -0.3 is 4.57 Å². The summed E-state index contributed by atoms with van der Waals surface area (Å²) in [6, 6.07) is 63.9. The van der Waals surface area contributed by atoms with E-state index < -0.39 is 0 Å². The SMILES string of the molecule is N#Cc1cccc(-c2cc(-c3cc(-c4ccccc4)c4ccccc4n3)cc(-n3c4ccccc4c4ccc(-c5ccccc5)cc43)c2)c1. The molecule has 0 aliphatic heterocycles. The molecular formula is C46H29N3. The molecule has 0 amide bonds. The molecule has 0 radical (unpaired) electrons. The lowest BCUT2D eigenvalue weighted by Gasteiger charge is -2.15. The third-order valence-electron chi connectivity index (χ3n) is 9.38. The Bertz CT molecular complexity index is 2720. The minimum atomic E-state index is 0.629. The fourth-order valence-electron chi connectivity index (χ4n) is 7.06. The lowest BCUT2D eigenvalue weighted by Crippen LogP contribution is -1.97. The number of hydrogen-bond donors (Lipinski definition) is 0. The van der Waals surface area contributed by atoms with E-state index in [4.69, 9.17) is 4.98 Å². The van der Waals surface area contributed by atoms with E-state index in [1.165, 1.54) is 21.9 Å². The molecule has 0 N–H and O–H groups in total. The summed E-state index contributed by atoms with van der Waals surface area (Å²) in [6.45, 7) is 0. The number of para-hydroxylation sites is 2. The number of benzene rings is 7. The zero-order valence-corrected chi connectivity index (χ0v) is 26.6. The van der Waals surface area contributed by atoms with Crippen molar-refractivity contribution in [3.8, 4) is 56.4 Å². The first kappa shape index (κ1) is 28.5. The molecule has 0 aliphatic carbocycles. The number of hydrogen-bond acceptors (Lipinski definition) is 2. The molecule has 9 rings (SSSR count). The topological polar surface area (TPSA) is 41.6 Å². The van der Waals surface area contributed by atoms with Crippen LogP contribution < -0.4 is 0 Å². The fourth-order valence-corrected chi connectivity index (χ4v) is 7.06. The van der Waals surface area contributed by atoms with Crippen molar-refractivity contribution in [3.05, 3.63) is 181 Å². The standard InChI is InChI=1S/C46H29N3/c47-30-31-12-11-17-34(24-31)36-25-37(44-29-42(33-15-5-2-6-16-33)39-18-7-9-20-43(39)48-44)27-38(26-36)49-45-21-10-8-19-40(45)41-23-22-35(28-46(41)49)32-13-3-1-4-14-32/h1-29H. The quantitative estimate of drug-likeness (QED) is 0.191. The van der Waals surface area contributed by atoms with E-state index >= 15 is 0 Å². The summed E-state index contributed by atoms with van der Waals surface area (Å²) in [4.78, 5) is 5.24. The molecule has 0 aliphatic rings. The normalized spacial score (nSPS) is 11.2. The third kappa shape index (κ3) is 5.04. The van der Waals surface area contributed by atoms with Crippen LogP contribution in [0.4, 0.5) is 0 Å². The largest absolute Gasteiger partial charge is 0.309 e. The van der Waals surface area contributed by atoms with Gasteiger partial charge >= 0.3 is 0 Å². The van der Waals surface area contributed by atoms with Crippen molar-refractivity contribution in [1.29, 1.82) is 5.26 Å². The van der Waals surface area contributed by atoms with E-state index in [9.17, 15) is 5.26 Å². The van der Waals surface area contributed by atoms with Crippen LogP contribution >= 0.6 is 0 Å². The molecule has 3 heteroatoms. The Morgan fingerprint density at radius 1 is 0.429 bits per heavy atom. The van der Waals surface area contributed by atoms with Crippen LogP contribution in [0, 0.1) is 11.3 Å². The smallest absolute Gasteiger partial charge is 0.0991 e. The van der Waals surface area contributed by atoms with Crippen LogP contribution in [0.2, 0.25) is 0 Å². The number of aromatic nitrogens is 2. The Morgan fingerprint density at radius 2 is 1.08 bits per heavy atom. The van der Waals surface area contributed by atoms with Gasteiger partial charge in [0.15, 0.2) is 0 Å². The van der Waals surface area contributed by atoms with Gasteiger partial charge in [0.05, 0.1) is 33.9 Å². The second-order valence-corrected chi connectivity index (χ2v) is 12.3. The van der Waals surface area contributed by atoms with Gasteiger partial charge in [-0.2, -0.15) is 5.26 Å². The summed E-state index contributed by atoms with van der Waals surface area (Å²) < 4.78 is 2.37. The number of nitriles is 1. The summed E-state index contributed by atoms with van der Waals surface area (Å²) in [7, 11) is 0. The molecule has 9 aromatic rings. The van der Waals surface area contributed by atoms with Crippen LogP contribution in [0.3, 0.4) is 0 Å². The van der Waals surface area contributed by atoms with Crippen molar-refractivity contribution in [3.63, 3.8) is 0 Å². The molecule has 228 valence electrons. The van der Waals surface area contributed by atoms with Gasteiger partial charge in [0, 0.05) is 27.4 Å². The minimum absolute atomic E-state index is 0.629. The molecule has 0 saturated carbocycles. The monoisotopic (exact) mass is 623 g/mol. The van der Waals surface area contributed by atoms with E-state index in [1.807, 2.05) is 30.3 Å². The molecular weight excluding hydrogens is 595 g/mol. The first-order valence-corrected chi connectivity index (χ1v) is 16.4. The molecule has 7 aromatic carbocycles. The second-order valence-electron chi connectivity index (χ2n) is 12.3. The molecule has 49 heavy (non-hydrogen) atoms. The Balaban J connectivity index is 1.35. The summed E-state index contributed by atoms with van der Waals surface area (Å²) in [6.07, 6.45) is 0. The average molecular weight is 624 g/mol. The van der Waals surface area contributed by atoms with Crippen molar-refractivity contribution < 1.29 is 0 Å². The van der Waals surface area contributed by atoms with Gasteiger partial charge in [-0.3, -0.25) is 0 Å². The third-order valence-corrected chi connectivity index (χ3v) is 9.38. The second kappa shape index (κ2) is 11.8. The van der Waals surface area contributed by atoms with Crippen LogP contribution in [0.15, 0.2) is 176 Å². The van der Waals surface area contributed by atoms with Gasteiger partial charge in [-0.15, -0.1) is 0 Å². The van der Waals surface area contributed by atoms with Gasteiger partial charge in [0.2, 0.25) is 0 Å². The highest BCUT2D eigenvalue weighted by atomic mass is 15.0. The van der Waals surface area contributed by atoms with Gasteiger partial charge in [-0.1, -0.05) is 121 Å². The average Bonchev–Trinajstić information content (AvgIpc) is 3.51. The van der Waals surface area contributed by atoms with Gasteiger partial charge in [-0.05, 0) is 88.0 Å². The highest BCUT2D eigenvalue weighted by Gasteiger charge is 2.17. The van der Waals surface area contributed by atoms with E-state index in [0.717, 1.165) is 61.1 Å². The van der Waals surface area contributed by atoms with Crippen LogP contribution in [-0.4, -0.2) is 9.55 Å². The van der Waals surface area contributed by atoms with Crippen molar-refractivity contribution >= 4 is 32.7 Å². The molecule has 0 atom stereocenters. The highest BCUT2D eigenvalue weighted by molar-refractivity contribution is 6.10. The van der Waals surface area contributed by atoms with Gasteiger partial charge in [0.25, 0.3) is 0 Å². The Labute approximate surface area is 284 Å². The fraction of sp³-hybridized carbons (Fsp3) is 0. The molecule has 0 bridgehead atoms. The highest BCUT2D eigenvalue weighted by Crippen LogP contribution is 2.39. The Morgan fingerprint density at radius 3 is 1.90 bits per heavy atom. The van der Waals surface area contributed by atoms with Gasteiger partial charge in [0.1, 0.15) is 0 Å². The van der Waals surface area contributed by atoms with E-state index in [-0.39, 0.29) is 0 Å². The maximum Gasteiger partial charge on any atom is 0.0991 e.